The Labute approximate surface area is 123 Å². The predicted molar refractivity (Wildman–Crippen MR) is 78.7 cm³/mol. The van der Waals surface area contributed by atoms with Crippen LogP contribution in [0.25, 0.3) is 5.78 Å². The van der Waals surface area contributed by atoms with E-state index in [1.165, 1.54) is 0 Å². The number of imidazole rings is 1. The highest BCUT2D eigenvalue weighted by Crippen LogP contribution is 2.13. The predicted octanol–water partition coefficient (Wildman–Crippen LogP) is -0.395. The number of aryl methyl sites for hydroxylation is 2. The first-order valence-electron chi connectivity index (χ1n) is 7.11. The Hall–Kier alpha value is -1.99. The normalized spacial score (nSPS) is 20.0. The minimum absolute atomic E-state index is 0.278. The van der Waals surface area contributed by atoms with Gasteiger partial charge in [-0.1, -0.05) is 0 Å². The van der Waals surface area contributed by atoms with Gasteiger partial charge in [-0.15, -0.1) is 0 Å². The maximum Gasteiger partial charge on any atom is 0.236 e. The minimum Gasteiger partial charge on any atom is -0.368 e. The third-order valence-corrected chi connectivity index (χ3v) is 3.86. The molecule has 0 aliphatic carbocycles. The molecule has 0 spiro atoms. The largest absolute Gasteiger partial charge is 0.368 e. The summed E-state index contributed by atoms with van der Waals surface area (Å²) in [5.41, 5.74) is 8.43. The Morgan fingerprint density at radius 2 is 2.29 bits per heavy atom. The van der Waals surface area contributed by atoms with Crippen LogP contribution in [0, 0.1) is 13.8 Å². The molecule has 7 nitrogen and oxygen atoms in total. The molecule has 1 amide bonds. The van der Waals surface area contributed by atoms with Gasteiger partial charge in [-0.2, -0.15) is 0 Å². The van der Waals surface area contributed by atoms with E-state index in [0.29, 0.717) is 18.9 Å². The smallest absolute Gasteiger partial charge is 0.236 e. The lowest BCUT2D eigenvalue weighted by atomic mass is 10.1. The number of hydrogen-bond acceptors (Lipinski definition) is 5. The third-order valence-electron chi connectivity index (χ3n) is 3.86. The molecule has 3 heterocycles. The number of carbonyl (C=O) groups excluding carboxylic acids is 1. The van der Waals surface area contributed by atoms with Crippen LogP contribution in [0.2, 0.25) is 0 Å². The summed E-state index contributed by atoms with van der Waals surface area (Å²) in [5, 5.41) is 3.19. The molecule has 2 aromatic rings. The van der Waals surface area contributed by atoms with E-state index in [1.54, 1.807) is 0 Å². The SMILES string of the molecule is Cc1cc(C)n2cc(CN3CCNCC3C(N)=O)nc2n1. The Kier molecular flexibility index (Phi) is 3.60. The van der Waals surface area contributed by atoms with E-state index < -0.39 is 0 Å². The topological polar surface area (TPSA) is 88.5 Å². The van der Waals surface area contributed by atoms with Crippen LogP contribution in [0.4, 0.5) is 0 Å². The molecule has 112 valence electrons. The van der Waals surface area contributed by atoms with Crippen molar-refractivity contribution in [2.75, 3.05) is 19.6 Å². The van der Waals surface area contributed by atoms with Gasteiger partial charge in [0.05, 0.1) is 5.69 Å². The zero-order valence-electron chi connectivity index (χ0n) is 12.3. The first-order valence-corrected chi connectivity index (χ1v) is 7.11. The van der Waals surface area contributed by atoms with Crippen molar-refractivity contribution in [3.8, 4) is 0 Å². The average Bonchev–Trinajstić information content (AvgIpc) is 2.81. The number of fused-ring (bicyclic) bond motifs is 1. The molecular formula is C14H20N6O. The molecule has 7 heteroatoms. The number of primary amides is 1. The molecule has 0 aromatic carbocycles. The van der Waals surface area contributed by atoms with Crippen molar-refractivity contribution in [2.24, 2.45) is 5.73 Å². The van der Waals surface area contributed by atoms with Gasteiger partial charge >= 0.3 is 0 Å². The number of nitrogens with two attached hydrogens (primary N) is 1. The van der Waals surface area contributed by atoms with E-state index >= 15 is 0 Å². The van der Waals surface area contributed by atoms with Gasteiger partial charge in [0.1, 0.15) is 6.04 Å². The molecule has 1 fully saturated rings. The number of hydrogen-bond donors (Lipinski definition) is 2. The second-order valence-corrected chi connectivity index (χ2v) is 5.53. The summed E-state index contributed by atoms with van der Waals surface area (Å²) in [6.45, 7) is 6.83. The molecule has 1 saturated heterocycles. The lowest BCUT2D eigenvalue weighted by Gasteiger charge is -2.33. The van der Waals surface area contributed by atoms with Crippen LogP contribution >= 0.6 is 0 Å². The van der Waals surface area contributed by atoms with Crippen LogP contribution in [0.3, 0.4) is 0 Å². The number of aromatic nitrogens is 3. The highest BCUT2D eigenvalue weighted by molar-refractivity contribution is 5.80. The van der Waals surface area contributed by atoms with Gasteiger partial charge in [-0.05, 0) is 19.9 Å². The van der Waals surface area contributed by atoms with Crippen molar-refractivity contribution >= 4 is 11.7 Å². The van der Waals surface area contributed by atoms with Crippen molar-refractivity contribution in [3.05, 3.63) is 29.3 Å². The summed E-state index contributed by atoms with van der Waals surface area (Å²) in [7, 11) is 0. The van der Waals surface area contributed by atoms with Crippen molar-refractivity contribution < 1.29 is 4.79 Å². The lowest BCUT2D eigenvalue weighted by molar-refractivity contribution is -0.124. The van der Waals surface area contributed by atoms with Gasteiger partial charge in [0, 0.05) is 43.8 Å². The number of amides is 1. The summed E-state index contributed by atoms with van der Waals surface area (Å²) in [5.74, 6) is 0.407. The Morgan fingerprint density at radius 1 is 1.48 bits per heavy atom. The molecule has 3 N–H and O–H groups in total. The second kappa shape index (κ2) is 5.42. The Morgan fingerprint density at radius 3 is 3.05 bits per heavy atom. The van der Waals surface area contributed by atoms with E-state index in [4.69, 9.17) is 5.73 Å². The van der Waals surface area contributed by atoms with E-state index in [9.17, 15) is 4.79 Å². The zero-order valence-corrected chi connectivity index (χ0v) is 12.3. The molecule has 1 aliphatic rings. The van der Waals surface area contributed by atoms with Crippen molar-refractivity contribution in [3.63, 3.8) is 0 Å². The summed E-state index contributed by atoms with van der Waals surface area (Å²) in [4.78, 5) is 22.6. The molecule has 0 saturated carbocycles. The number of carbonyl (C=O) groups is 1. The fourth-order valence-corrected chi connectivity index (χ4v) is 2.82. The first kappa shape index (κ1) is 14.0. The summed E-state index contributed by atoms with van der Waals surface area (Å²) < 4.78 is 1.98. The van der Waals surface area contributed by atoms with Crippen molar-refractivity contribution in [1.82, 2.24) is 24.6 Å². The van der Waals surface area contributed by atoms with Gasteiger partial charge in [0.15, 0.2) is 0 Å². The fraction of sp³-hybridized carbons (Fsp3) is 0.500. The van der Waals surface area contributed by atoms with E-state index in [-0.39, 0.29) is 11.9 Å². The average molecular weight is 288 g/mol. The lowest BCUT2D eigenvalue weighted by Crippen LogP contribution is -2.56. The fourth-order valence-electron chi connectivity index (χ4n) is 2.82. The van der Waals surface area contributed by atoms with Gasteiger partial charge in [0.2, 0.25) is 11.7 Å². The van der Waals surface area contributed by atoms with Crippen LogP contribution in [-0.2, 0) is 11.3 Å². The molecule has 1 atom stereocenters. The molecule has 2 aromatic heterocycles. The van der Waals surface area contributed by atoms with Crippen molar-refractivity contribution in [1.29, 1.82) is 0 Å². The van der Waals surface area contributed by atoms with Gasteiger partial charge < -0.3 is 11.1 Å². The Balaban J connectivity index is 1.87. The zero-order chi connectivity index (χ0) is 15.0. The highest BCUT2D eigenvalue weighted by atomic mass is 16.1. The molecule has 21 heavy (non-hydrogen) atoms. The Bertz CT molecular complexity index is 679. The molecule has 1 unspecified atom stereocenters. The first-order chi connectivity index (χ1) is 10.0. The second-order valence-electron chi connectivity index (χ2n) is 5.53. The maximum atomic E-state index is 11.5. The van der Waals surface area contributed by atoms with E-state index in [1.807, 2.05) is 30.5 Å². The monoisotopic (exact) mass is 288 g/mol. The quantitative estimate of drug-likeness (QED) is 0.802. The van der Waals surface area contributed by atoms with Crippen LogP contribution < -0.4 is 11.1 Å². The van der Waals surface area contributed by atoms with Crippen LogP contribution in [0.5, 0.6) is 0 Å². The van der Waals surface area contributed by atoms with Gasteiger partial charge in [-0.25, -0.2) is 9.97 Å². The summed E-state index contributed by atoms with van der Waals surface area (Å²) in [6, 6.07) is 1.74. The van der Waals surface area contributed by atoms with Crippen molar-refractivity contribution in [2.45, 2.75) is 26.4 Å². The van der Waals surface area contributed by atoms with E-state index in [0.717, 1.165) is 30.2 Å². The van der Waals surface area contributed by atoms with Gasteiger partial charge in [-0.3, -0.25) is 14.1 Å². The van der Waals surface area contributed by atoms with Gasteiger partial charge in [0.25, 0.3) is 0 Å². The van der Waals surface area contributed by atoms with Crippen LogP contribution in [0.15, 0.2) is 12.3 Å². The summed E-state index contributed by atoms with van der Waals surface area (Å²) in [6.07, 6.45) is 1.98. The highest BCUT2D eigenvalue weighted by Gasteiger charge is 2.27. The minimum atomic E-state index is -0.295. The standard InChI is InChI=1S/C14H20N6O/c1-9-5-10(2)20-8-11(18-14(20)17-9)7-19-4-3-16-6-12(19)13(15)21/h5,8,12,16H,3-4,6-7H2,1-2H3,(H2,15,21). The number of piperazine rings is 1. The molecular weight excluding hydrogens is 268 g/mol. The maximum absolute atomic E-state index is 11.5. The number of nitrogens with one attached hydrogen (secondary N) is 1. The van der Waals surface area contributed by atoms with Crippen LogP contribution in [0.1, 0.15) is 17.1 Å². The third kappa shape index (κ3) is 2.74. The molecule has 0 radical (unpaired) electrons. The summed E-state index contributed by atoms with van der Waals surface area (Å²) >= 11 is 0. The molecule has 1 aliphatic heterocycles. The molecule has 0 bridgehead atoms. The number of rotatable bonds is 3. The van der Waals surface area contributed by atoms with Crippen LogP contribution in [-0.4, -0.2) is 50.9 Å². The van der Waals surface area contributed by atoms with E-state index in [2.05, 4.69) is 20.2 Å². The molecule has 3 rings (SSSR count). The number of nitrogens with zero attached hydrogens (tertiary/aromatic N) is 4.